The Morgan fingerprint density at radius 2 is 2.00 bits per heavy atom. The Morgan fingerprint density at radius 1 is 1.20 bits per heavy atom. The number of nitrogens with two attached hydrogens (primary N) is 1. The van der Waals surface area contributed by atoms with Crippen LogP contribution in [0.2, 0.25) is 0 Å². The minimum Gasteiger partial charge on any atom is -0.368 e. The fourth-order valence-electron chi connectivity index (χ4n) is 2.41. The number of benzene rings is 1. The zero-order valence-electron chi connectivity index (χ0n) is 14.3. The molecule has 3 aromatic rings. The molecule has 3 rings (SSSR count). The van der Waals surface area contributed by atoms with E-state index in [1.165, 1.54) is 0 Å². The zero-order chi connectivity index (χ0) is 17.6. The Balaban J connectivity index is 1.70. The third-order valence-electron chi connectivity index (χ3n) is 4.02. The van der Waals surface area contributed by atoms with Gasteiger partial charge in [0.25, 0.3) is 0 Å². The summed E-state index contributed by atoms with van der Waals surface area (Å²) in [6, 6.07) is 9.73. The number of nitrogen functional groups attached to an aromatic ring is 1. The van der Waals surface area contributed by atoms with Gasteiger partial charge >= 0.3 is 0 Å². The van der Waals surface area contributed by atoms with Crippen molar-refractivity contribution in [2.24, 2.45) is 0 Å². The van der Waals surface area contributed by atoms with E-state index in [9.17, 15) is 0 Å². The second kappa shape index (κ2) is 7.71. The van der Waals surface area contributed by atoms with Crippen molar-refractivity contribution in [2.45, 2.75) is 19.4 Å². The number of likely N-dealkylation sites (N-methyl/N-ethyl adjacent to an activating group) is 1. The van der Waals surface area contributed by atoms with Crippen molar-refractivity contribution in [3.05, 3.63) is 54.4 Å². The van der Waals surface area contributed by atoms with Gasteiger partial charge in [-0.1, -0.05) is 18.2 Å². The molecule has 0 aliphatic heterocycles. The second-order valence-corrected chi connectivity index (χ2v) is 5.85. The van der Waals surface area contributed by atoms with Crippen LogP contribution in [0.3, 0.4) is 0 Å². The number of imidazole rings is 1. The summed E-state index contributed by atoms with van der Waals surface area (Å²) in [7, 11) is 2.03. The lowest BCUT2D eigenvalue weighted by Crippen LogP contribution is -2.27. The van der Waals surface area contributed by atoms with Gasteiger partial charge in [0.05, 0.1) is 12.4 Å². The van der Waals surface area contributed by atoms with Crippen LogP contribution in [0.15, 0.2) is 42.9 Å². The number of aromatic nitrogens is 5. The predicted octanol–water partition coefficient (Wildman–Crippen LogP) is 2.16. The number of para-hydroxylation sites is 1. The maximum atomic E-state index is 5.87. The number of nitrogens with one attached hydrogen (secondary N) is 2. The van der Waals surface area contributed by atoms with Crippen LogP contribution in [0.4, 0.5) is 17.6 Å². The van der Waals surface area contributed by atoms with Crippen molar-refractivity contribution in [3.63, 3.8) is 0 Å². The molecule has 25 heavy (non-hydrogen) atoms. The van der Waals surface area contributed by atoms with Crippen molar-refractivity contribution in [3.8, 4) is 0 Å². The molecule has 0 fully saturated rings. The number of hydrogen-bond donors (Lipinski definition) is 3. The first-order chi connectivity index (χ1) is 12.1. The van der Waals surface area contributed by atoms with Gasteiger partial charge in [0, 0.05) is 30.5 Å². The molecule has 0 saturated carbocycles. The van der Waals surface area contributed by atoms with Crippen LogP contribution in [0.25, 0.3) is 0 Å². The molecule has 1 unspecified atom stereocenters. The Kier molecular flexibility index (Phi) is 5.20. The van der Waals surface area contributed by atoms with Crippen molar-refractivity contribution >= 4 is 17.6 Å². The van der Waals surface area contributed by atoms with Crippen molar-refractivity contribution in [1.82, 2.24) is 29.8 Å². The van der Waals surface area contributed by atoms with Gasteiger partial charge in [-0.15, -0.1) is 0 Å². The molecule has 1 aromatic carbocycles. The lowest BCUT2D eigenvalue weighted by molar-refractivity contribution is 0.254. The van der Waals surface area contributed by atoms with E-state index in [1.54, 1.807) is 6.33 Å². The maximum Gasteiger partial charge on any atom is 0.232 e. The highest BCUT2D eigenvalue weighted by molar-refractivity contribution is 5.53. The number of rotatable bonds is 7. The van der Waals surface area contributed by atoms with E-state index in [0.717, 1.165) is 24.3 Å². The van der Waals surface area contributed by atoms with Gasteiger partial charge in [-0.2, -0.15) is 15.0 Å². The Labute approximate surface area is 146 Å². The fourth-order valence-corrected chi connectivity index (χ4v) is 2.41. The molecule has 0 saturated heterocycles. The smallest absolute Gasteiger partial charge is 0.232 e. The molecule has 0 radical (unpaired) electrons. The van der Waals surface area contributed by atoms with Crippen molar-refractivity contribution in [2.75, 3.05) is 24.6 Å². The first kappa shape index (κ1) is 16.8. The SMILES string of the molecule is CC(c1nc(N)nc(Nc2ccccc2)n1)N(C)CCc1cnc[nH]1. The van der Waals surface area contributed by atoms with Gasteiger partial charge in [0.2, 0.25) is 11.9 Å². The quantitative estimate of drug-likeness (QED) is 0.605. The molecule has 0 aliphatic rings. The van der Waals surface area contributed by atoms with Gasteiger partial charge in [-0.3, -0.25) is 4.90 Å². The molecule has 4 N–H and O–H groups in total. The highest BCUT2D eigenvalue weighted by Crippen LogP contribution is 2.19. The maximum absolute atomic E-state index is 5.87. The molecule has 1 atom stereocenters. The van der Waals surface area contributed by atoms with Gasteiger partial charge < -0.3 is 16.0 Å². The predicted molar refractivity (Wildman–Crippen MR) is 97.3 cm³/mol. The Morgan fingerprint density at radius 3 is 2.72 bits per heavy atom. The fraction of sp³-hybridized carbons (Fsp3) is 0.294. The van der Waals surface area contributed by atoms with Crippen molar-refractivity contribution < 1.29 is 0 Å². The van der Waals surface area contributed by atoms with E-state index in [0.29, 0.717) is 11.8 Å². The first-order valence-electron chi connectivity index (χ1n) is 8.13. The molecule has 8 nitrogen and oxygen atoms in total. The van der Waals surface area contributed by atoms with E-state index in [-0.39, 0.29) is 12.0 Å². The van der Waals surface area contributed by atoms with Crippen LogP contribution in [-0.4, -0.2) is 43.4 Å². The molecule has 2 aromatic heterocycles. The number of H-pyrrole nitrogens is 1. The van der Waals surface area contributed by atoms with E-state index >= 15 is 0 Å². The normalized spacial score (nSPS) is 12.3. The molecule has 130 valence electrons. The molecule has 0 bridgehead atoms. The molecule has 8 heteroatoms. The average Bonchev–Trinajstić information content (AvgIpc) is 3.13. The lowest BCUT2D eigenvalue weighted by Gasteiger charge is -2.23. The number of aromatic amines is 1. The Hall–Kier alpha value is -3.00. The molecular formula is C17H22N8. The average molecular weight is 338 g/mol. The van der Waals surface area contributed by atoms with E-state index in [4.69, 9.17) is 5.73 Å². The minimum atomic E-state index is 0.00421. The number of nitrogens with zero attached hydrogens (tertiary/aromatic N) is 5. The summed E-state index contributed by atoms with van der Waals surface area (Å²) >= 11 is 0. The summed E-state index contributed by atoms with van der Waals surface area (Å²) in [6.07, 6.45) is 4.39. The van der Waals surface area contributed by atoms with Gasteiger partial charge in [-0.25, -0.2) is 4.98 Å². The summed E-state index contributed by atoms with van der Waals surface area (Å²) < 4.78 is 0. The van der Waals surface area contributed by atoms with E-state index in [2.05, 4.69) is 35.1 Å². The summed E-state index contributed by atoms with van der Waals surface area (Å²) in [6.45, 7) is 2.89. The molecule has 2 heterocycles. The van der Waals surface area contributed by atoms with Crippen LogP contribution < -0.4 is 11.1 Å². The lowest BCUT2D eigenvalue weighted by atomic mass is 10.2. The molecule has 0 spiro atoms. The molecular weight excluding hydrogens is 316 g/mol. The highest BCUT2D eigenvalue weighted by atomic mass is 15.2. The first-order valence-corrected chi connectivity index (χ1v) is 8.13. The number of anilines is 3. The van der Waals surface area contributed by atoms with Gasteiger partial charge in [-0.05, 0) is 26.1 Å². The summed E-state index contributed by atoms with van der Waals surface area (Å²) in [5.74, 6) is 1.29. The van der Waals surface area contributed by atoms with Crippen LogP contribution >= 0.6 is 0 Å². The molecule has 0 amide bonds. The standard InChI is InChI=1S/C17H22N8/c1-12(25(2)9-8-14-10-19-11-20-14)15-22-16(18)24-17(23-15)21-13-6-4-3-5-7-13/h3-7,10-12H,8-9H2,1-2H3,(H,19,20)(H3,18,21,22,23,24). The van der Waals surface area contributed by atoms with E-state index < -0.39 is 0 Å². The van der Waals surface area contributed by atoms with Crippen LogP contribution in [0.1, 0.15) is 24.5 Å². The second-order valence-electron chi connectivity index (χ2n) is 5.85. The third kappa shape index (κ3) is 4.51. The number of hydrogen-bond acceptors (Lipinski definition) is 7. The van der Waals surface area contributed by atoms with Crippen LogP contribution in [-0.2, 0) is 6.42 Å². The van der Waals surface area contributed by atoms with Gasteiger partial charge in [0.1, 0.15) is 0 Å². The van der Waals surface area contributed by atoms with Crippen LogP contribution in [0, 0.1) is 0 Å². The van der Waals surface area contributed by atoms with E-state index in [1.807, 2.05) is 50.5 Å². The zero-order valence-corrected chi connectivity index (χ0v) is 14.3. The monoisotopic (exact) mass is 338 g/mol. The summed E-state index contributed by atoms with van der Waals surface area (Å²) in [4.78, 5) is 22.3. The minimum absolute atomic E-state index is 0.00421. The summed E-state index contributed by atoms with van der Waals surface area (Å²) in [5.41, 5.74) is 7.87. The largest absolute Gasteiger partial charge is 0.368 e. The summed E-state index contributed by atoms with van der Waals surface area (Å²) in [5, 5.41) is 3.16. The topological polar surface area (TPSA) is 109 Å². The highest BCUT2D eigenvalue weighted by Gasteiger charge is 2.17. The molecule has 0 aliphatic carbocycles. The van der Waals surface area contributed by atoms with Crippen molar-refractivity contribution in [1.29, 1.82) is 0 Å². The van der Waals surface area contributed by atoms with Gasteiger partial charge in [0.15, 0.2) is 5.82 Å². The van der Waals surface area contributed by atoms with Crippen LogP contribution in [0.5, 0.6) is 0 Å². The Bertz CT molecular complexity index is 788. The third-order valence-corrected chi connectivity index (χ3v) is 4.02.